The summed E-state index contributed by atoms with van der Waals surface area (Å²) in [5.74, 6) is 1.91. The van der Waals surface area contributed by atoms with Gasteiger partial charge in [-0.1, -0.05) is 6.92 Å². The van der Waals surface area contributed by atoms with Crippen LogP contribution < -0.4 is 5.32 Å². The molecule has 1 fully saturated rings. The highest BCUT2D eigenvalue weighted by Crippen LogP contribution is 2.37. The van der Waals surface area contributed by atoms with Gasteiger partial charge in [0.25, 0.3) is 0 Å². The maximum absolute atomic E-state index is 13.5. The first-order valence-electron chi connectivity index (χ1n) is 7.40. The standard InChI is InChI=1S/C16H22FNS/c1-11-2-5-13(6-3-11)18-15-8-9-19-16-7-4-12(17)10-14(15)16/h4,7,10-11,13,15,18H,2-3,5-6,8-9H2,1H3. The van der Waals surface area contributed by atoms with Crippen LogP contribution in [0.4, 0.5) is 4.39 Å². The Morgan fingerprint density at radius 2 is 1.95 bits per heavy atom. The Balaban J connectivity index is 1.71. The zero-order valence-electron chi connectivity index (χ0n) is 11.5. The molecule has 0 saturated heterocycles. The van der Waals surface area contributed by atoms with E-state index in [0.29, 0.717) is 12.1 Å². The second-order valence-corrected chi connectivity index (χ2v) is 7.13. The molecule has 19 heavy (non-hydrogen) atoms. The molecule has 104 valence electrons. The lowest BCUT2D eigenvalue weighted by Gasteiger charge is -2.33. The van der Waals surface area contributed by atoms with Crippen molar-refractivity contribution in [2.75, 3.05) is 5.75 Å². The van der Waals surface area contributed by atoms with E-state index < -0.39 is 0 Å². The van der Waals surface area contributed by atoms with Crippen molar-refractivity contribution in [1.29, 1.82) is 0 Å². The van der Waals surface area contributed by atoms with Crippen molar-refractivity contribution in [3.8, 4) is 0 Å². The van der Waals surface area contributed by atoms with E-state index in [0.717, 1.165) is 18.1 Å². The fraction of sp³-hybridized carbons (Fsp3) is 0.625. The molecule has 1 aromatic carbocycles. The predicted molar refractivity (Wildman–Crippen MR) is 79.0 cm³/mol. The van der Waals surface area contributed by atoms with Crippen LogP contribution in [0.1, 0.15) is 50.6 Å². The number of halogens is 1. The lowest BCUT2D eigenvalue weighted by atomic mass is 9.86. The van der Waals surface area contributed by atoms with Crippen LogP contribution in [0.2, 0.25) is 0 Å². The summed E-state index contributed by atoms with van der Waals surface area (Å²) in [6, 6.07) is 6.22. The van der Waals surface area contributed by atoms with Gasteiger partial charge >= 0.3 is 0 Å². The highest BCUT2D eigenvalue weighted by atomic mass is 32.2. The maximum Gasteiger partial charge on any atom is 0.123 e. The minimum Gasteiger partial charge on any atom is -0.307 e. The van der Waals surface area contributed by atoms with E-state index in [1.165, 1.54) is 36.1 Å². The molecule has 3 rings (SSSR count). The molecule has 2 aliphatic rings. The van der Waals surface area contributed by atoms with Crippen LogP contribution >= 0.6 is 11.8 Å². The number of rotatable bonds is 2. The summed E-state index contributed by atoms with van der Waals surface area (Å²) in [7, 11) is 0. The van der Waals surface area contributed by atoms with Crippen LogP contribution in [0.5, 0.6) is 0 Å². The molecular formula is C16H22FNS. The van der Waals surface area contributed by atoms with Crippen LogP contribution in [0.3, 0.4) is 0 Å². The van der Waals surface area contributed by atoms with E-state index in [9.17, 15) is 4.39 Å². The Labute approximate surface area is 119 Å². The summed E-state index contributed by atoms with van der Waals surface area (Å²) in [5.41, 5.74) is 1.18. The molecule has 1 unspecified atom stereocenters. The predicted octanol–water partition coefficient (Wildman–Crippen LogP) is 4.53. The second-order valence-electron chi connectivity index (χ2n) is 6.00. The molecule has 3 heteroatoms. The zero-order chi connectivity index (χ0) is 13.2. The molecule has 0 radical (unpaired) electrons. The minimum absolute atomic E-state index is 0.106. The van der Waals surface area contributed by atoms with E-state index in [4.69, 9.17) is 0 Å². The molecule has 0 amide bonds. The fourth-order valence-electron chi connectivity index (χ4n) is 3.25. The van der Waals surface area contributed by atoms with Crippen molar-refractivity contribution >= 4 is 11.8 Å². The summed E-state index contributed by atoms with van der Waals surface area (Å²) < 4.78 is 13.5. The Morgan fingerprint density at radius 3 is 2.74 bits per heavy atom. The van der Waals surface area contributed by atoms with E-state index >= 15 is 0 Å². The second kappa shape index (κ2) is 5.84. The number of benzene rings is 1. The van der Waals surface area contributed by atoms with Crippen molar-refractivity contribution in [3.05, 3.63) is 29.6 Å². The highest BCUT2D eigenvalue weighted by molar-refractivity contribution is 7.99. The molecule has 1 saturated carbocycles. The Bertz CT molecular complexity index is 440. The number of hydrogen-bond acceptors (Lipinski definition) is 2. The van der Waals surface area contributed by atoms with Gasteiger partial charge in [-0.05, 0) is 67.5 Å². The van der Waals surface area contributed by atoms with Gasteiger partial charge in [0.05, 0.1) is 0 Å². The maximum atomic E-state index is 13.5. The summed E-state index contributed by atoms with van der Waals surface area (Å²) in [4.78, 5) is 1.26. The highest BCUT2D eigenvalue weighted by Gasteiger charge is 2.25. The average Bonchev–Trinajstić information content (AvgIpc) is 2.42. The van der Waals surface area contributed by atoms with E-state index in [1.807, 2.05) is 17.8 Å². The van der Waals surface area contributed by atoms with Gasteiger partial charge in [0.2, 0.25) is 0 Å². The molecule has 1 aromatic rings. The number of fused-ring (bicyclic) bond motifs is 1. The first kappa shape index (κ1) is 13.4. The van der Waals surface area contributed by atoms with Crippen LogP contribution in [0.25, 0.3) is 0 Å². The fourth-order valence-corrected chi connectivity index (χ4v) is 4.36. The van der Waals surface area contributed by atoms with Gasteiger partial charge < -0.3 is 5.32 Å². The van der Waals surface area contributed by atoms with Gasteiger partial charge in [-0.2, -0.15) is 0 Å². The van der Waals surface area contributed by atoms with Crippen molar-refractivity contribution in [2.45, 2.75) is 56.0 Å². The molecular weight excluding hydrogens is 257 g/mol. The smallest absolute Gasteiger partial charge is 0.123 e. The van der Waals surface area contributed by atoms with Crippen LogP contribution in [-0.2, 0) is 0 Å². The van der Waals surface area contributed by atoms with Gasteiger partial charge in [-0.25, -0.2) is 4.39 Å². The van der Waals surface area contributed by atoms with Gasteiger partial charge in [0, 0.05) is 17.0 Å². The summed E-state index contributed by atoms with van der Waals surface area (Å²) in [5, 5.41) is 3.78. The van der Waals surface area contributed by atoms with Gasteiger partial charge in [0.15, 0.2) is 0 Å². The van der Waals surface area contributed by atoms with Crippen LogP contribution in [0.15, 0.2) is 23.1 Å². The number of hydrogen-bond donors (Lipinski definition) is 1. The molecule has 1 atom stereocenters. The zero-order valence-corrected chi connectivity index (χ0v) is 12.3. The van der Waals surface area contributed by atoms with Gasteiger partial charge in [0.1, 0.15) is 5.82 Å². The van der Waals surface area contributed by atoms with Gasteiger partial charge in [-0.15, -0.1) is 11.8 Å². The quantitative estimate of drug-likeness (QED) is 0.853. The van der Waals surface area contributed by atoms with E-state index in [-0.39, 0.29) is 5.82 Å². The molecule has 1 heterocycles. The Morgan fingerprint density at radius 1 is 1.16 bits per heavy atom. The van der Waals surface area contributed by atoms with Gasteiger partial charge in [-0.3, -0.25) is 0 Å². The third-order valence-corrected chi connectivity index (χ3v) is 5.59. The summed E-state index contributed by atoms with van der Waals surface area (Å²) in [6.07, 6.45) is 6.32. The van der Waals surface area contributed by atoms with E-state index in [2.05, 4.69) is 12.2 Å². The molecule has 1 aliphatic heterocycles. The molecule has 0 bridgehead atoms. The average molecular weight is 279 g/mol. The topological polar surface area (TPSA) is 12.0 Å². The van der Waals surface area contributed by atoms with Crippen LogP contribution in [0, 0.1) is 11.7 Å². The van der Waals surface area contributed by atoms with Crippen molar-refractivity contribution in [3.63, 3.8) is 0 Å². The molecule has 1 nitrogen and oxygen atoms in total. The first-order valence-corrected chi connectivity index (χ1v) is 8.39. The monoisotopic (exact) mass is 279 g/mol. The minimum atomic E-state index is -0.106. The van der Waals surface area contributed by atoms with E-state index in [1.54, 1.807) is 12.1 Å². The molecule has 0 aromatic heterocycles. The van der Waals surface area contributed by atoms with Crippen LogP contribution in [-0.4, -0.2) is 11.8 Å². The normalized spacial score (nSPS) is 30.9. The summed E-state index contributed by atoms with van der Waals surface area (Å²) in [6.45, 7) is 2.35. The molecule has 1 aliphatic carbocycles. The largest absolute Gasteiger partial charge is 0.307 e. The summed E-state index contributed by atoms with van der Waals surface area (Å²) >= 11 is 1.86. The number of nitrogens with one attached hydrogen (secondary N) is 1. The Hall–Kier alpha value is -0.540. The first-order chi connectivity index (χ1) is 9.22. The van der Waals surface area contributed by atoms with Crippen molar-refractivity contribution < 1.29 is 4.39 Å². The third kappa shape index (κ3) is 3.14. The molecule has 0 spiro atoms. The lowest BCUT2D eigenvalue weighted by Crippen LogP contribution is -2.37. The van der Waals surface area contributed by atoms with Crippen molar-refractivity contribution in [1.82, 2.24) is 5.32 Å². The molecule has 1 N–H and O–H groups in total. The SMILES string of the molecule is CC1CCC(NC2CCSc3ccc(F)cc32)CC1. The number of thioether (sulfide) groups is 1. The lowest BCUT2D eigenvalue weighted by molar-refractivity contribution is 0.283. The third-order valence-electron chi connectivity index (χ3n) is 4.46. The van der Waals surface area contributed by atoms with Crippen molar-refractivity contribution in [2.24, 2.45) is 5.92 Å². The Kier molecular flexibility index (Phi) is 4.13.